The Balaban J connectivity index is 2.50. The molecule has 0 saturated heterocycles. The lowest BCUT2D eigenvalue weighted by molar-refractivity contribution is 0.164. The number of hydrogen-bond acceptors (Lipinski definition) is 2. The topological polar surface area (TPSA) is 21.3 Å². The lowest BCUT2D eigenvalue weighted by atomic mass is 10.1. The molecule has 2 nitrogen and oxygen atoms in total. The van der Waals surface area contributed by atoms with E-state index in [-0.39, 0.29) is 0 Å². The highest BCUT2D eigenvalue weighted by Crippen LogP contribution is 2.09. The van der Waals surface area contributed by atoms with Crippen LogP contribution in [0.4, 0.5) is 0 Å². The molecule has 1 atom stereocenters. The zero-order valence-corrected chi connectivity index (χ0v) is 10.8. The number of aryl methyl sites for hydroxylation is 2. The Hall–Kier alpha value is -0.860. The Morgan fingerprint density at radius 1 is 1.25 bits per heavy atom. The first kappa shape index (κ1) is 13.2. The molecule has 2 heteroatoms. The van der Waals surface area contributed by atoms with Crippen molar-refractivity contribution in [1.82, 2.24) is 5.32 Å². The second kappa shape index (κ2) is 6.66. The highest BCUT2D eigenvalue weighted by atomic mass is 16.5. The van der Waals surface area contributed by atoms with Gasteiger partial charge in [0.05, 0.1) is 6.61 Å². The van der Waals surface area contributed by atoms with E-state index in [4.69, 9.17) is 4.74 Å². The largest absolute Gasteiger partial charge is 0.383 e. The SMILES string of the molecule is CCC(COC)NCc1ccc(C)c(C)c1. The molecule has 90 valence electrons. The summed E-state index contributed by atoms with van der Waals surface area (Å²) in [5, 5.41) is 3.51. The average Bonchev–Trinajstić information content (AvgIpc) is 2.28. The Labute approximate surface area is 99.0 Å². The molecule has 1 unspecified atom stereocenters. The van der Waals surface area contributed by atoms with E-state index < -0.39 is 0 Å². The van der Waals surface area contributed by atoms with E-state index in [1.54, 1.807) is 7.11 Å². The van der Waals surface area contributed by atoms with Crippen molar-refractivity contribution >= 4 is 0 Å². The lowest BCUT2D eigenvalue weighted by Crippen LogP contribution is -2.32. The molecular formula is C14H23NO. The molecule has 0 heterocycles. The number of methoxy groups -OCH3 is 1. The van der Waals surface area contributed by atoms with Crippen LogP contribution in [0, 0.1) is 13.8 Å². The highest BCUT2D eigenvalue weighted by molar-refractivity contribution is 5.29. The van der Waals surface area contributed by atoms with E-state index in [2.05, 4.69) is 44.3 Å². The van der Waals surface area contributed by atoms with Crippen molar-refractivity contribution in [3.8, 4) is 0 Å². The average molecular weight is 221 g/mol. The van der Waals surface area contributed by atoms with Gasteiger partial charge in [0, 0.05) is 19.7 Å². The third kappa shape index (κ3) is 3.95. The van der Waals surface area contributed by atoms with Crippen molar-refractivity contribution < 1.29 is 4.74 Å². The van der Waals surface area contributed by atoms with Gasteiger partial charge >= 0.3 is 0 Å². The maximum Gasteiger partial charge on any atom is 0.0615 e. The van der Waals surface area contributed by atoms with Gasteiger partial charge in [-0.2, -0.15) is 0 Å². The molecule has 0 radical (unpaired) electrons. The molecule has 1 rings (SSSR count). The monoisotopic (exact) mass is 221 g/mol. The number of hydrogen-bond donors (Lipinski definition) is 1. The summed E-state index contributed by atoms with van der Waals surface area (Å²) < 4.78 is 5.16. The second-order valence-electron chi connectivity index (χ2n) is 4.36. The van der Waals surface area contributed by atoms with Crippen LogP contribution in [0.3, 0.4) is 0 Å². The number of benzene rings is 1. The second-order valence-corrected chi connectivity index (χ2v) is 4.36. The Morgan fingerprint density at radius 3 is 2.56 bits per heavy atom. The summed E-state index contributed by atoms with van der Waals surface area (Å²) >= 11 is 0. The quantitative estimate of drug-likeness (QED) is 0.797. The molecule has 0 aromatic heterocycles. The van der Waals surface area contributed by atoms with Crippen LogP contribution in [-0.2, 0) is 11.3 Å². The summed E-state index contributed by atoms with van der Waals surface area (Å²) in [5.74, 6) is 0. The zero-order chi connectivity index (χ0) is 12.0. The molecule has 1 aromatic carbocycles. The number of rotatable bonds is 6. The van der Waals surface area contributed by atoms with Gasteiger partial charge < -0.3 is 10.1 Å². The molecule has 0 aliphatic rings. The van der Waals surface area contributed by atoms with Crippen molar-refractivity contribution in [1.29, 1.82) is 0 Å². The third-order valence-corrected chi connectivity index (χ3v) is 3.03. The van der Waals surface area contributed by atoms with Crippen molar-refractivity contribution in [2.75, 3.05) is 13.7 Å². The predicted octanol–water partition coefficient (Wildman–Crippen LogP) is 2.82. The van der Waals surface area contributed by atoms with Gasteiger partial charge in [-0.05, 0) is 37.0 Å². The summed E-state index contributed by atoms with van der Waals surface area (Å²) in [6.45, 7) is 8.18. The van der Waals surface area contributed by atoms with E-state index in [0.29, 0.717) is 6.04 Å². The molecule has 0 amide bonds. The van der Waals surface area contributed by atoms with Crippen LogP contribution >= 0.6 is 0 Å². The van der Waals surface area contributed by atoms with E-state index in [1.165, 1.54) is 16.7 Å². The zero-order valence-electron chi connectivity index (χ0n) is 10.8. The van der Waals surface area contributed by atoms with Gasteiger partial charge in [0.25, 0.3) is 0 Å². The van der Waals surface area contributed by atoms with E-state index in [0.717, 1.165) is 19.6 Å². The highest BCUT2D eigenvalue weighted by Gasteiger charge is 2.04. The molecule has 16 heavy (non-hydrogen) atoms. The minimum Gasteiger partial charge on any atom is -0.383 e. The van der Waals surface area contributed by atoms with E-state index >= 15 is 0 Å². The molecule has 0 spiro atoms. The molecule has 0 fully saturated rings. The summed E-state index contributed by atoms with van der Waals surface area (Å²) in [6, 6.07) is 7.08. The fraction of sp³-hybridized carbons (Fsp3) is 0.571. The number of nitrogens with one attached hydrogen (secondary N) is 1. The Bertz CT molecular complexity index is 323. The first-order valence-electron chi connectivity index (χ1n) is 5.95. The van der Waals surface area contributed by atoms with Crippen molar-refractivity contribution in [3.63, 3.8) is 0 Å². The first-order valence-corrected chi connectivity index (χ1v) is 5.95. The van der Waals surface area contributed by atoms with Gasteiger partial charge in [-0.3, -0.25) is 0 Å². The van der Waals surface area contributed by atoms with E-state index in [9.17, 15) is 0 Å². The third-order valence-electron chi connectivity index (χ3n) is 3.03. The molecule has 0 saturated carbocycles. The van der Waals surface area contributed by atoms with Gasteiger partial charge in [0.1, 0.15) is 0 Å². The minimum atomic E-state index is 0.451. The van der Waals surface area contributed by atoms with Gasteiger partial charge in [0.2, 0.25) is 0 Å². The fourth-order valence-electron chi connectivity index (χ4n) is 1.70. The maximum absolute atomic E-state index is 5.16. The van der Waals surface area contributed by atoms with Crippen LogP contribution < -0.4 is 5.32 Å². The molecule has 0 aliphatic heterocycles. The van der Waals surface area contributed by atoms with Gasteiger partial charge in [-0.1, -0.05) is 25.1 Å². The molecule has 1 N–H and O–H groups in total. The van der Waals surface area contributed by atoms with Crippen LogP contribution in [0.5, 0.6) is 0 Å². The fourth-order valence-corrected chi connectivity index (χ4v) is 1.70. The lowest BCUT2D eigenvalue weighted by Gasteiger charge is -2.16. The normalized spacial score (nSPS) is 12.8. The molecular weight excluding hydrogens is 198 g/mol. The summed E-state index contributed by atoms with van der Waals surface area (Å²) in [6.07, 6.45) is 1.10. The molecule has 0 aliphatic carbocycles. The van der Waals surface area contributed by atoms with Crippen LogP contribution in [0.15, 0.2) is 18.2 Å². The maximum atomic E-state index is 5.16. The summed E-state index contributed by atoms with van der Waals surface area (Å²) in [5.41, 5.74) is 4.06. The standard InChI is InChI=1S/C14H23NO/c1-5-14(10-16-4)15-9-13-7-6-11(2)12(3)8-13/h6-8,14-15H,5,9-10H2,1-4H3. The van der Waals surface area contributed by atoms with Gasteiger partial charge in [0.15, 0.2) is 0 Å². The predicted molar refractivity (Wildman–Crippen MR) is 68.7 cm³/mol. The van der Waals surface area contributed by atoms with Crippen molar-refractivity contribution in [2.24, 2.45) is 0 Å². The summed E-state index contributed by atoms with van der Waals surface area (Å²) in [4.78, 5) is 0. The number of ether oxygens (including phenoxy) is 1. The van der Waals surface area contributed by atoms with Gasteiger partial charge in [-0.15, -0.1) is 0 Å². The van der Waals surface area contributed by atoms with Crippen LogP contribution in [0.2, 0.25) is 0 Å². The summed E-state index contributed by atoms with van der Waals surface area (Å²) in [7, 11) is 1.75. The Morgan fingerprint density at radius 2 is 2.00 bits per heavy atom. The smallest absolute Gasteiger partial charge is 0.0615 e. The van der Waals surface area contributed by atoms with Gasteiger partial charge in [-0.25, -0.2) is 0 Å². The van der Waals surface area contributed by atoms with E-state index in [1.807, 2.05) is 0 Å². The van der Waals surface area contributed by atoms with Crippen LogP contribution in [-0.4, -0.2) is 19.8 Å². The van der Waals surface area contributed by atoms with Crippen molar-refractivity contribution in [2.45, 2.75) is 39.8 Å². The molecule has 0 bridgehead atoms. The minimum absolute atomic E-state index is 0.451. The van der Waals surface area contributed by atoms with Crippen LogP contribution in [0.25, 0.3) is 0 Å². The van der Waals surface area contributed by atoms with Crippen molar-refractivity contribution in [3.05, 3.63) is 34.9 Å². The first-order chi connectivity index (χ1) is 7.67. The molecule has 1 aromatic rings. The Kier molecular flexibility index (Phi) is 5.50. The van der Waals surface area contributed by atoms with Crippen LogP contribution in [0.1, 0.15) is 30.0 Å².